The maximum atomic E-state index is 10.6. The zero-order valence-corrected chi connectivity index (χ0v) is 9.24. The Morgan fingerprint density at radius 1 is 1.53 bits per heavy atom. The van der Waals surface area contributed by atoms with E-state index in [0.717, 1.165) is 19.4 Å². The van der Waals surface area contributed by atoms with Crippen LogP contribution in [0.1, 0.15) is 12.8 Å². The van der Waals surface area contributed by atoms with E-state index in [2.05, 4.69) is 0 Å². The number of aliphatic hydroxyl groups is 1. The van der Waals surface area contributed by atoms with Crippen molar-refractivity contribution in [2.45, 2.75) is 18.9 Å². The van der Waals surface area contributed by atoms with Crippen molar-refractivity contribution in [3.05, 3.63) is 28.3 Å². The molecule has 6 heteroatoms. The Bertz CT molecular complexity index is 435. The number of hydrogen-bond acceptors (Lipinski definition) is 5. The first-order valence-electron chi connectivity index (χ1n) is 5.48. The summed E-state index contributed by atoms with van der Waals surface area (Å²) in [7, 11) is 0. The smallest absolute Gasteiger partial charge is 0.310 e. The van der Waals surface area contributed by atoms with Gasteiger partial charge < -0.3 is 15.1 Å². The average molecular weight is 238 g/mol. The lowest BCUT2D eigenvalue weighted by molar-refractivity contribution is -0.385. The minimum Gasteiger partial charge on any atom is -0.502 e. The van der Waals surface area contributed by atoms with Crippen molar-refractivity contribution in [2.75, 3.05) is 18.1 Å². The molecule has 6 nitrogen and oxygen atoms in total. The molecule has 1 aromatic carbocycles. The minimum absolute atomic E-state index is 0.0378. The summed E-state index contributed by atoms with van der Waals surface area (Å²) in [6.07, 6.45) is 1.87. The number of anilines is 1. The van der Waals surface area contributed by atoms with E-state index in [1.165, 1.54) is 12.1 Å². The number of nitro benzene ring substituents is 1. The largest absolute Gasteiger partial charge is 0.502 e. The zero-order valence-electron chi connectivity index (χ0n) is 9.24. The fourth-order valence-corrected chi connectivity index (χ4v) is 2.21. The Hall–Kier alpha value is -1.82. The second-order valence-electron chi connectivity index (χ2n) is 4.10. The van der Waals surface area contributed by atoms with Gasteiger partial charge in [0.05, 0.1) is 17.6 Å². The molecule has 1 atom stereocenters. The Morgan fingerprint density at radius 3 is 2.88 bits per heavy atom. The molecule has 1 aliphatic rings. The molecule has 17 heavy (non-hydrogen) atoms. The summed E-state index contributed by atoms with van der Waals surface area (Å²) in [5.41, 5.74) is 0.415. The van der Waals surface area contributed by atoms with Crippen LogP contribution in [0.25, 0.3) is 0 Å². The van der Waals surface area contributed by atoms with Gasteiger partial charge in [-0.1, -0.05) is 0 Å². The van der Waals surface area contributed by atoms with E-state index in [4.69, 9.17) is 0 Å². The molecule has 0 aromatic heterocycles. The molecule has 0 radical (unpaired) electrons. The highest BCUT2D eigenvalue weighted by atomic mass is 16.6. The van der Waals surface area contributed by atoms with E-state index < -0.39 is 4.92 Å². The number of phenolic OH excluding ortho intramolecular Hbond substituents is 1. The Morgan fingerprint density at radius 2 is 2.29 bits per heavy atom. The number of benzene rings is 1. The predicted molar refractivity (Wildman–Crippen MR) is 62.2 cm³/mol. The van der Waals surface area contributed by atoms with Crippen molar-refractivity contribution >= 4 is 11.4 Å². The van der Waals surface area contributed by atoms with E-state index in [-0.39, 0.29) is 24.1 Å². The third kappa shape index (κ3) is 2.16. The molecule has 1 unspecified atom stereocenters. The van der Waals surface area contributed by atoms with Gasteiger partial charge >= 0.3 is 5.69 Å². The molecule has 1 aromatic rings. The molecule has 0 saturated carbocycles. The van der Waals surface area contributed by atoms with Crippen LogP contribution in [0.5, 0.6) is 5.75 Å². The first-order chi connectivity index (χ1) is 8.13. The van der Waals surface area contributed by atoms with E-state index in [0.29, 0.717) is 5.69 Å². The molecule has 2 rings (SSSR count). The maximum absolute atomic E-state index is 10.6. The van der Waals surface area contributed by atoms with Crippen LogP contribution in [0, 0.1) is 10.1 Å². The normalized spacial score (nSPS) is 19.6. The van der Waals surface area contributed by atoms with Crippen LogP contribution in [-0.4, -0.2) is 34.3 Å². The number of nitro groups is 1. The van der Waals surface area contributed by atoms with Crippen LogP contribution >= 0.6 is 0 Å². The van der Waals surface area contributed by atoms with Crippen molar-refractivity contribution in [1.82, 2.24) is 0 Å². The van der Waals surface area contributed by atoms with Gasteiger partial charge in [-0.25, -0.2) is 0 Å². The highest BCUT2D eigenvalue weighted by molar-refractivity contribution is 5.59. The van der Waals surface area contributed by atoms with Crippen LogP contribution in [0.4, 0.5) is 11.4 Å². The van der Waals surface area contributed by atoms with Gasteiger partial charge in [0.1, 0.15) is 0 Å². The lowest BCUT2D eigenvalue weighted by Gasteiger charge is -2.25. The van der Waals surface area contributed by atoms with Crippen LogP contribution in [-0.2, 0) is 0 Å². The summed E-state index contributed by atoms with van der Waals surface area (Å²) >= 11 is 0. The van der Waals surface area contributed by atoms with Crippen molar-refractivity contribution in [3.63, 3.8) is 0 Å². The van der Waals surface area contributed by atoms with Crippen molar-refractivity contribution in [1.29, 1.82) is 0 Å². The van der Waals surface area contributed by atoms with Crippen molar-refractivity contribution in [3.8, 4) is 5.75 Å². The molecular weight excluding hydrogens is 224 g/mol. The molecule has 1 aliphatic heterocycles. The summed E-state index contributed by atoms with van der Waals surface area (Å²) in [4.78, 5) is 11.9. The monoisotopic (exact) mass is 238 g/mol. The lowest BCUT2D eigenvalue weighted by atomic mass is 10.2. The quantitative estimate of drug-likeness (QED) is 0.611. The number of hydrogen-bond donors (Lipinski definition) is 2. The summed E-state index contributed by atoms with van der Waals surface area (Å²) in [6, 6.07) is 4.31. The maximum Gasteiger partial charge on any atom is 0.310 e. The van der Waals surface area contributed by atoms with Crippen LogP contribution in [0.3, 0.4) is 0 Å². The van der Waals surface area contributed by atoms with Gasteiger partial charge in [-0.05, 0) is 18.9 Å². The Kier molecular flexibility index (Phi) is 3.14. The second-order valence-corrected chi connectivity index (χ2v) is 4.10. The zero-order chi connectivity index (χ0) is 12.4. The highest BCUT2D eigenvalue weighted by Crippen LogP contribution is 2.33. The first-order valence-corrected chi connectivity index (χ1v) is 5.48. The summed E-state index contributed by atoms with van der Waals surface area (Å²) in [5.74, 6) is -0.337. The minimum atomic E-state index is -0.618. The molecule has 1 fully saturated rings. The number of nitrogens with zero attached hydrogens (tertiary/aromatic N) is 2. The van der Waals surface area contributed by atoms with E-state index in [9.17, 15) is 20.3 Å². The third-order valence-corrected chi connectivity index (χ3v) is 3.08. The molecule has 0 aliphatic carbocycles. The van der Waals surface area contributed by atoms with E-state index in [1.807, 2.05) is 4.90 Å². The van der Waals surface area contributed by atoms with Crippen LogP contribution in [0.2, 0.25) is 0 Å². The number of rotatable bonds is 3. The number of aliphatic hydroxyl groups excluding tert-OH is 1. The molecule has 0 spiro atoms. The second kappa shape index (κ2) is 4.58. The number of aromatic hydroxyl groups is 1. The van der Waals surface area contributed by atoms with Gasteiger partial charge in [0.2, 0.25) is 0 Å². The molecular formula is C11H14N2O4. The SMILES string of the molecule is O=[N+]([O-])c1ccc(N2CCCC2CO)cc1O. The highest BCUT2D eigenvalue weighted by Gasteiger charge is 2.25. The molecule has 2 N–H and O–H groups in total. The van der Waals surface area contributed by atoms with E-state index in [1.54, 1.807) is 6.07 Å². The van der Waals surface area contributed by atoms with Crippen LogP contribution < -0.4 is 4.90 Å². The molecule has 1 saturated heterocycles. The van der Waals surface area contributed by atoms with Gasteiger partial charge in [0, 0.05) is 24.4 Å². The molecule has 92 valence electrons. The molecule has 0 bridgehead atoms. The van der Waals surface area contributed by atoms with Crippen molar-refractivity contribution < 1.29 is 15.1 Å². The first kappa shape index (κ1) is 11.7. The Labute approximate surface area is 98.3 Å². The van der Waals surface area contributed by atoms with E-state index >= 15 is 0 Å². The lowest BCUT2D eigenvalue weighted by Crippen LogP contribution is -2.31. The fraction of sp³-hybridized carbons (Fsp3) is 0.455. The average Bonchev–Trinajstić information content (AvgIpc) is 2.76. The van der Waals surface area contributed by atoms with Gasteiger partial charge in [0.25, 0.3) is 0 Å². The fourth-order valence-electron chi connectivity index (χ4n) is 2.21. The summed E-state index contributed by atoms with van der Waals surface area (Å²) < 4.78 is 0. The summed E-state index contributed by atoms with van der Waals surface area (Å²) in [5, 5.41) is 29.3. The topological polar surface area (TPSA) is 86.8 Å². The number of phenols is 1. The Balaban J connectivity index is 2.28. The van der Waals surface area contributed by atoms with Crippen molar-refractivity contribution in [2.24, 2.45) is 0 Å². The third-order valence-electron chi connectivity index (χ3n) is 3.08. The van der Waals surface area contributed by atoms with Crippen LogP contribution in [0.15, 0.2) is 18.2 Å². The standard InChI is InChI=1S/C11H14N2O4/c14-7-9-2-1-5-12(9)8-3-4-10(13(16)17)11(15)6-8/h3-4,6,9,14-15H,1-2,5,7H2. The van der Waals surface area contributed by atoms with Gasteiger partial charge in [-0.2, -0.15) is 0 Å². The molecule has 0 amide bonds. The van der Waals surface area contributed by atoms with Gasteiger partial charge in [0.15, 0.2) is 5.75 Å². The van der Waals surface area contributed by atoms with Gasteiger partial charge in [-0.3, -0.25) is 10.1 Å². The predicted octanol–water partition coefficient (Wildman–Crippen LogP) is 1.26. The summed E-state index contributed by atoms with van der Waals surface area (Å²) in [6.45, 7) is 0.847. The molecule has 1 heterocycles. The van der Waals surface area contributed by atoms with Gasteiger partial charge in [-0.15, -0.1) is 0 Å².